The number of nitrogens with two attached hydrogens (primary N) is 1. The van der Waals surface area contributed by atoms with Crippen molar-refractivity contribution in [2.24, 2.45) is 5.14 Å². The number of aryl methyl sites for hydroxylation is 1. The van der Waals surface area contributed by atoms with E-state index in [-0.39, 0.29) is 21.4 Å². The maximum atomic E-state index is 12.7. The smallest absolute Gasteiger partial charge is 0.254 e. The van der Waals surface area contributed by atoms with Crippen LogP contribution in [0.1, 0.15) is 42.6 Å². The molecule has 21 heavy (non-hydrogen) atoms. The molecule has 0 aromatic heterocycles. The van der Waals surface area contributed by atoms with Gasteiger partial charge in [-0.2, -0.15) is 0 Å². The van der Waals surface area contributed by atoms with Crippen LogP contribution < -0.4 is 5.14 Å². The fourth-order valence-electron chi connectivity index (χ4n) is 2.71. The fourth-order valence-corrected chi connectivity index (χ4v) is 3.84. The number of carbonyl (C=O) groups is 1. The number of rotatable bonds is 2. The third-order valence-electron chi connectivity index (χ3n) is 3.92. The molecule has 116 valence electrons. The summed E-state index contributed by atoms with van der Waals surface area (Å²) in [6.07, 6.45) is 1.86. The first kappa shape index (κ1) is 16.3. The average molecular weight is 331 g/mol. The Bertz CT molecular complexity index is 698. The third-order valence-corrected chi connectivity index (χ3v) is 5.47. The Morgan fingerprint density at radius 2 is 2.00 bits per heavy atom. The van der Waals surface area contributed by atoms with Crippen molar-refractivity contribution in [2.75, 3.05) is 6.54 Å². The lowest BCUT2D eigenvalue weighted by Gasteiger charge is -2.32. The minimum Gasteiger partial charge on any atom is -0.334 e. The molecule has 5 nitrogen and oxygen atoms in total. The Morgan fingerprint density at radius 1 is 1.38 bits per heavy atom. The highest BCUT2D eigenvalue weighted by Crippen LogP contribution is 2.32. The van der Waals surface area contributed by atoms with E-state index < -0.39 is 10.0 Å². The summed E-state index contributed by atoms with van der Waals surface area (Å²) in [6, 6.07) is 2.87. The zero-order chi connectivity index (χ0) is 16.0. The van der Waals surface area contributed by atoms with E-state index in [1.165, 1.54) is 6.07 Å². The van der Waals surface area contributed by atoms with Gasteiger partial charge in [0.25, 0.3) is 5.91 Å². The number of primary sulfonamides is 1. The van der Waals surface area contributed by atoms with Gasteiger partial charge >= 0.3 is 0 Å². The summed E-state index contributed by atoms with van der Waals surface area (Å²) in [7, 11) is -3.97. The van der Waals surface area contributed by atoms with E-state index >= 15 is 0 Å². The van der Waals surface area contributed by atoms with Gasteiger partial charge in [0, 0.05) is 17.6 Å². The van der Waals surface area contributed by atoms with Gasteiger partial charge in [0.2, 0.25) is 10.0 Å². The van der Waals surface area contributed by atoms with Crippen LogP contribution in [0, 0.1) is 6.92 Å². The Kier molecular flexibility index (Phi) is 4.08. The third kappa shape index (κ3) is 3.07. The molecule has 1 saturated heterocycles. The lowest BCUT2D eigenvalue weighted by Crippen LogP contribution is -2.42. The van der Waals surface area contributed by atoms with Crippen molar-refractivity contribution >= 4 is 27.5 Å². The first-order chi connectivity index (χ1) is 9.54. The molecular formula is C14H19ClN2O3S. The van der Waals surface area contributed by atoms with Gasteiger partial charge in [0.1, 0.15) is 4.90 Å². The molecular weight excluding hydrogens is 312 g/mol. The van der Waals surface area contributed by atoms with Gasteiger partial charge in [0.05, 0.1) is 5.02 Å². The van der Waals surface area contributed by atoms with E-state index in [1.807, 2.05) is 13.8 Å². The second-order valence-electron chi connectivity index (χ2n) is 6.02. The molecule has 0 spiro atoms. The topological polar surface area (TPSA) is 80.5 Å². The highest BCUT2D eigenvalue weighted by atomic mass is 35.5. The Balaban J connectivity index is 2.51. The number of carbonyl (C=O) groups excluding carboxylic acids is 1. The lowest BCUT2D eigenvalue weighted by molar-refractivity contribution is 0.0651. The van der Waals surface area contributed by atoms with Gasteiger partial charge < -0.3 is 4.90 Å². The number of benzene rings is 1. The van der Waals surface area contributed by atoms with Crippen molar-refractivity contribution in [1.29, 1.82) is 0 Å². The highest BCUT2D eigenvalue weighted by molar-refractivity contribution is 7.89. The van der Waals surface area contributed by atoms with Crippen LogP contribution in [0.3, 0.4) is 0 Å². The molecule has 0 saturated carbocycles. The Morgan fingerprint density at radius 3 is 2.48 bits per heavy atom. The van der Waals surface area contributed by atoms with Crippen LogP contribution in [0.25, 0.3) is 0 Å². The summed E-state index contributed by atoms with van der Waals surface area (Å²) in [5.41, 5.74) is 0.589. The molecule has 1 aromatic carbocycles. The molecule has 0 atom stereocenters. The molecule has 1 fully saturated rings. The molecule has 1 amide bonds. The first-order valence-electron chi connectivity index (χ1n) is 6.69. The maximum absolute atomic E-state index is 12.7. The zero-order valence-corrected chi connectivity index (χ0v) is 13.9. The minimum absolute atomic E-state index is 0.0646. The average Bonchev–Trinajstić information content (AvgIpc) is 2.69. The molecule has 2 N–H and O–H groups in total. The molecule has 0 radical (unpaired) electrons. The van der Waals surface area contributed by atoms with Crippen molar-refractivity contribution in [3.8, 4) is 0 Å². The summed E-state index contributed by atoms with van der Waals surface area (Å²) in [5.74, 6) is -0.192. The summed E-state index contributed by atoms with van der Waals surface area (Å²) in [5, 5.41) is 5.23. The van der Waals surface area contributed by atoms with Crippen LogP contribution in [-0.4, -0.2) is 31.3 Å². The summed E-state index contributed by atoms with van der Waals surface area (Å²) < 4.78 is 23.2. The largest absolute Gasteiger partial charge is 0.334 e. The number of hydrogen-bond acceptors (Lipinski definition) is 3. The number of hydrogen-bond donors (Lipinski definition) is 1. The van der Waals surface area contributed by atoms with Crippen LogP contribution in [0.5, 0.6) is 0 Å². The fraction of sp³-hybridized carbons (Fsp3) is 0.500. The van der Waals surface area contributed by atoms with Crippen LogP contribution in [0.2, 0.25) is 5.02 Å². The standard InChI is InChI=1S/C14H19ClN2O3S/c1-9-7-10(8-11(12(9)15)21(16,19)20)13(18)17-6-4-5-14(17,2)3/h7-8H,4-6H2,1-3H3,(H2,16,19,20). The van der Waals surface area contributed by atoms with Gasteiger partial charge in [-0.15, -0.1) is 0 Å². The van der Waals surface area contributed by atoms with Gasteiger partial charge in [-0.05, 0) is 51.3 Å². The lowest BCUT2D eigenvalue weighted by atomic mass is 10.0. The molecule has 1 aliphatic heterocycles. The molecule has 0 bridgehead atoms. The Hall–Kier alpha value is -1.11. The minimum atomic E-state index is -3.97. The number of halogens is 1. The number of sulfonamides is 1. The van der Waals surface area contributed by atoms with Crippen LogP contribution in [-0.2, 0) is 10.0 Å². The van der Waals surface area contributed by atoms with Crippen molar-refractivity contribution in [2.45, 2.75) is 44.0 Å². The highest BCUT2D eigenvalue weighted by Gasteiger charge is 2.36. The second kappa shape index (κ2) is 5.26. The van der Waals surface area contributed by atoms with Gasteiger partial charge in [0.15, 0.2) is 0 Å². The molecule has 7 heteroatoms. The SMILES string of the molecule is Cc1cc(C(=O)N2CCCC2(C)C)cc(S(N)(=O)=O)c1Cl. The van der Waals surface area contributed by atoms with Crippen molar-refractivity contribution in [3.05, 3.63) is 28.3 Å². The van der Waals surface area contributed by atoms with Crippen molar-refractivity contribution in [1.82, 2.24) is 4.90 Å². The molecule has 1 aromatic rings. The van der Waals surface area contributed by atoms with E-state index in [4.69, 9.17) is 16.7 Å². The molecule has 2 rings (SSSR count). The monoisotopic (exact) mass is 330 g/mol. The van der Waals surface area contributed by atoms with E-state index in [2.05, 4.69) is 0 Å². The van der Waals surface area contributed by atoms with E-state index in [0.717, 1.165) is 12.8 Å². The molecule has 1 aliphatic rings. The van der Waals surface area contributed by atoms with Gasteiger partial charge in [-0.3, -0.25) is 4.79 Å². The number of nitrogens with zero attached hydrogens (tertiary/aromatic N) is 1. The van der Waals surface area contributed by atoms with Crippen molar-refractivity contribution < 1.29 is 13.2 Å². The molecule has 1 heterocycles. The molecule has 0 aliphatic carbocycles. The van der Waals surface area contributed by atoms with E-state index in [0.29, 0.717) is 17.7 Å². The predicted molar refractivity (Wildman–Crippen MR) is 81.9 cm³/mol. The Labute approximate surface area is 130 Å². The summed E-state index contributed by atoms with van der Waals surface area (Å²) >= 11 is 5.99. The van der Waals surface area contributed by atoms with Crippen LogP contribution in [0.4, 0.5) is 0 Å². The van der Waals surface area contributed by atoms with E-state index in [1.54, 1.807) is 17.9 Å². The van der Waals surface area contributed by atoms with E-state index in [9.17, 15) is 13.2 Å². The maximum Gasteiger partial charge on any atom is 0.254 e. The molecule has 0 unspecified atom stereocenters. The predicted octanol–water partition coefficient (Wildman–Crippen LogP) is 2.31. The zero-order valence-electron chi connectivity index (χ0n) is 12.3. The van der Waals surface area contributed by atoms with Crippen LogP contribution >= 0.6 is 11.6 Å². The van der Waals surface area contributed by atoms with Crippen LogP contribution in [0.15, 0.2) is 17.0 Å². The normalized spacial score (nSPS) is 18.0. The first-order valence-corrected chi connectivity index (χ1v) is 8.61. The van der Waals surface area contributed by atoms with Gasteiger partial charge in [-0.25, -0.2) is 13.6 Å². The summed E-state index contributed by atoms with van der Waals surface area (Å²) in [6.45, 7) is 6.32. The quantitative estimate of drug-likeness (QED) is 0.903. The number of likely N-dealkylation sites (tertiary alicyclic amines) is 1. The van der Waals surface area contributed by atoms with Crippen molar-refractivity contribution in [3.63, 3.8) is 0 Å². The summed E-state index contributed by atoms with van der Waals surface area (Å²) in [4.78, 5) is 14.2. The van der Waals surface area contributed by atoms with Gasteiger partial charge in [-0.1, -0.05) is 11.6 Å². The number of amides is 1. The second-order valence-corrected chi connectivity index (χ2v) is 7.93.